The highest BCUT2D eigenvalue weighted by Crippen LogP contribution is 2.35. The third kappa shape index (κ3) is 5.10. The zero-order valence-electron chi connectivity index (χ0n) is 20.6. The quantitative estimate of drug-likeness (QED) is 0.244. The van der Waals surface area contributed by atoms with E-state index in [1.54, 1.807) is 12.2 Å². The second-order valence-corrected chi connectivity index (χ2v) is 8.81. The fourth-order valence-corrected chi connectivity index (χ4v) is 4.15. The highest BCUT2D eigenvalue weighted by atomic mass is 16.5. The molecule has 0 aliphatic heterocycles. The van der Waals surface area contributed by atoms with Crippen molar-refractivity contribution < 1.29 is 20.1 Å². The van der Waals surface area contributed by atoms with Gasteiger partial charge in [0.05, 0.1) is 22.4 Å². The lowest BCUT2D eigenvalue weighted by molar-refractivity contribution is -0.131. The third-order valence-corrected chi connectivity index (χ3v) is 6.54. The Bertz CT molecular complexity index is 1500. The summed E-state index contributed by atoms with van der Waals surface area (Å²) in [5.41, 5.74) is 11.1. The van der Waals surface area contributed by atoms with Crippen LogP contribution >= 0.6 is 0 Å². The van der Waals surface area contributed by atoms with Crippen LogP contribution in [0.4, 0.5) is 0 Å². The standard InChI is InChI=1S/C30H28N2O4/c1-17-18(2)20(4)28-27(19(17)3)31-29(23-11-5-21(6-12-23)9-15-25(33)34)30(32-28)24-13-7-22(8-14-24)10-16-26(35)36/h5-16,25,33-34H,1-4H3,(H,35,36)/b15-9+,16-10+. The second kappa shape index (κ2) is 10.2. The number of aliphatic hydroxyl groups is 2. The predicted octanol–water partition coefficient (Wildman–Crippen LogP) is 5.62. The minimum absolute atomic E-state index is 0.732. The first-order valence-electron chi connectivity index (χ1n) is 11.6. The lowest BCUT2D eigenvalue weighted by atomic mass is 9.95. The van der Waals surface area contributed by atoms with Gasteiger partial charge in [0, 0.05) is 17.2 Å². The number of benzene rings is 3. The number of fused-ring (bicyclic) bond motifs is 1. The number of rotatable bonds is 6. The van der Waals surface area contributed by atoms with E-state index in [1.165, 1.54) is 17.2 Å². The molecule has 0 amide bonds. The zero-order chi connectivity index (χ0) is 26.0. The molecule has 0 fully saturated rings. The first-order valence-corrected chi connectivity index (χ1v) is 11.6. The van der Waals surface area contributed by atoms with Gasteiger partial charge >= 0.3 is 5.97 Å². The molecule has 1 heterocycles. The summed E-state index contributed by atoms with van der Waals surface area (Å²) in [4.78, 5) is 21.1. The molecule has 0 saturated heterocycles. The number of aromatic nitrogens is 2. The van der Waals surface area contributed by atoms with Crippen molar-refractivity contribution in [2.24, 2.45) is 0 Å². The van der Waals surface area contributed by atoms with Crippen LogP contribution in [0.3, 0.4) is 0 Å². The highest BCUT2D eigenvalue weighted by Gasteiger charge is 2.18. The Morgan fingerprint density at radius 1 is 0.694 bits per heavy atom. The number of hydrogen-bond donors (Lipinski definition) is 3. The van der Waals surface area contributed by atoms with Gasteiger partial charge in [-0.25, -0.2) is 14.8 Å². The van der Waals surface area contributed by atoms with Crippen molar-refractivity contribution in [3.63, 3.8) is 0 Å². The van der Waals surface area contributed by atoms with Crippen LogP contribution in [0.25, 0.3) is 45.7 Å². The first kappa shape index (κ1) is 25.0. The second-order valence-electron chi connectivity index (χ2n) is 8.81. The van der Waals surface area contributed by atoms with Gasteiger partial charge in [0.15, 0.2) is 6.29 Å². The number of hydrogen-bond acceptors (Lipinski definition) is 5. The van der Waals surface area contributed by atoms with E-state index < -0.39 is 12.3 Å². The van der Waals surface area contributed by atoms with Crippen LogP contribution in [0.15, 0.2) is 60.7 Å². The van der Waals surface area contributed by atoms with E-state index in [2.05, 4.69) is 27.7 Å². The number of aryl methyl sites for hydroxylation is 2. The minimum Gasteiger partial charge on any atom is -0.478 e. The highest BCUT2D eigenvalue weighted by molar-refractivity contribution is 5.91. The molecule has 6 heteroatoms. The van der Waals surface area contributed by atoms with Crippen molar-refractivity contribution >= 4 is 29.2 Å². The molecule has 6 nitrogen and oxygen atoms in total. The van der Waals surface area contributed by atoms with E-state index in [1.807, 2.05) is 48.5 Å². The summed E-state index contributed by atoms with van der Waals surface area (Å²) in [5, 5.41) is 27.1. The molecule has 0 radical (unpaired) electrons. The van der Waals surface area contributed by atoms with Gasteiger partial charge in [-0.1, -0.05) is 54.6 Å². The summed E-state index contributed by atoms with van der Waals surface area (Å²) in [6.45, 7) is 8.34. The monoisotopic (exact) mass is 480 g/mol. The van der Waals surface area contributed by atoms with Gasteiger partial charge in [0.1, 0.15) is 0 Å². The summed E-state index contributed by atoms with van der Waals surface area (Å²) in [5.74, 6) is -0.995. The SMILES string of the molecule is Cc1c(C)c(C)c2nc(-c3ccc(/C=C/C(O)O)cc3)c(-c3ccc(/C=C/C(=O)O)cc3)nc2c1C. The Morgan fingerprint density at radius 3 is 1.50 bits per heavy atom. The van der Waals surface area contributed by atoms with Crippen molar-refractivity contribution in [2.75, 3.05) is 0 Å². The fourth-order valence-electron chi connectivity index (χ4n) is 4.15. The Balaban J connectivity index is 1.92. The maximum atomic E-state index is 10.9. The lowest BCUT2D eigenvalue weighted by Gasteiger charge is -2.17. The molecule has 4 rings (SSSR count). The summed E-state index contributed by atoms with van der Waals surface area (Å²) in [6, 6.07) is 15.2. The maximum Gasteiger partial charge on any atom is 0.328 e. The Morgan fingerprint density at radius 2 is 1.11 bits per heavy atom. The zero-order valence-corrected chi connectivity index (χ0v) is 20.6. The van der Waals surface area contributed by atoms with Crippen LogP contribution in [-0.4, -0.2) is 37.5 Å². The van der Waals surface area contributed by atoms with Crippen LogP contribution in [0, 0.1) is 27.7 Å². The molecule has 0 bridgehead atoms. The molecule has 1 aromatic heterocycles. The number of carbonyl (C=O) groups is 1. The van der Waals surface area contributed by atoms with Crippen molar-refractivity contribution in [1.82, 2.24) is 9.97 Å². The largest absolute Gasteiger partial charge is 0.478 e. The molecule has 0 saturated carbocycles. The molecule has 36 heavy (non-hydrogen) atoms. The predicted molar refractivity (Wildman–Crippen MR) is 143 cm³/mol. The molecular formula is C30H28N2O4. The van der Waals surface area contributed by atoms with Gasteiger partial charge < -0.3 is 15.3 Å². The van der Waals surface area contributed by atoms with Gasteiger partial charge in [0.25, 0.3) is 0 Å². The normalized spacial score (nSPS) is 11.9. The van der Waals surface area contributed by atoms with E-state index in [9.17, 15) is 4.79 Å². The molecule has 0 aliphatic rings. The number of aliphatic hydroxyl groups excluding tert-OH is 1. The van der Waals surface area contributed by atoms with Crippen LogP contribution in [0.1, 0.15) is 33.4 Å². The molecule has 0 atom stereocenters. The van der Waals surface area contributed by atoms with E-state index in [-0.39, 0.29) is 0 Å². The van der Waals surface area contributed by atoms with Crippen LogP contribution in [0.2, 0.25) is 0 Å². The van der Waals surface area contributed by atoms with Gasteiger partial charge in [-0.15, -0.1) is 0 Å². The lowest BCUT2D eigenvalue weighted by Crippen LogP contribution is -2.02. The first-order chi connectivity index (χ1) is 17.2. The van der Waals surface area contributed by atoms with Gasteiger partial charge in [0.2, 0.25) is 0 Å². The number of carboxylic acid groups (broad SMARTS) is 1. The van der Waals surface area contributed by atoms with Gasteiger partial charge in [-0.05, 0) is 73.2 Å². The maximum absolute atomic E-state index is 10.9. The smallest absolute Gasteiger partial charge is 0.328 e. The van der Waals surface area contributed by atoms with Crippen LogP contribution in [0.5, 0.6) is 0 Å². The van der Waals surface area contributed by atoms with E-state index >= 15 is 0 Å². The molecule has 0 spiro atoms. The molecular weight excluding hydrogens is 452 g/mol. The van der Waals surface area contributed by atoms with Crippen molar-refractivity contribution in [3.8, 4) is 22.5 Å². The molecule has 3 aromatic carbocycles. The van der Waals surface area contributed by atoms with Crippen molar-refractivity contribution in [2.45, 2.75) is 34.0 Å². The topological polar surface area (TPSA) is 104 Å². The Kier molecular flexibility index (Phi) is 7.10. The van der Waals surface area contributed by atoms with E-state index in [0.29, 0.717) is 0 Å². The Labute approximate surface area is 209 Å². The third-order valence-electron chi connectivity index (χ3n) is 6.54. The summed E-state index contributed by atoms with van der Waals surface area (Å²) >= 11 is 0. The number of carboxylic acids is 1. The van der Waals surface area contributed by atoms with Gasteiger partial charge in [-0.3, -0.25) is 0 Å². The fraction of sp³-hybridized carbons (Fsp3) is 0.167. The van der Waals surface area contributed by atoms with Crippen molar-refractivity contribution in [3.05, 3.63) is 94.1 Å². The molecule has 0 aliphatic carbocycles. The van der Waals surface area contributed by atoms with E-state index in [0.717, 1.165) is 61.9 Å². The average molecular weight is 481 g/mol. The van der Waals surface area contributed by atoms with Crippen LogP contribution < -0.4 is 0 Å². The van der Waals surface area contributed by atoms with Crippen LogP contribution in [-0.2, 0) is 4.79 Å². The summed E-state index contributed by atoms with van der Waals surface area (Å²) in [7, 11) is 0. The van der Waals surface area contributed by atoms with Gasteiger partial charge in [-0.2, -0.15) is 0 Å². The number of nitrogens with zero attached hydrogens (tertiary/aromatic N) is 2. The molecule has 4 aromatic rings. The number of aliphatic carboxylic acids is 1. The van der Waals surface area contributed by atoms with Crippen molar-refractivity contribution in [1.29, 1.82) is 0 Å². The molecule has 3 N–H and O–H groups in total. The average Bonchev–Trinajstić information content (AvgIpc) is 2.88. The summed E-state index contributed by atoms with van der Waals surface area (Å²) in [6.07, 6.45) is 4.10. The summed E-state index contributed by atoms with van der Waals surface area (Å²) < 4.78 is 0. The minimum atomic E-state index is -1.51. The van der Waals surface area contributed by atoms with E-state index in [4.69, 9.17) is 25.3 Å². The molecule has 0 unspecified atom stereocenters. The molecule has 182 valence electrons. The Hall–Kier alpha value is -4.13.